The molecule has 2 N–H and O–H groups in total. The molecule has 2 aromatic rings. The number of aliphatic hydroxyl groups is 1. The fourth-order valence-electron chi connectivity index (χ4n) is 1.99. The fraction of sp³-hybridized carbons (Fsp3) is 0.294. The highest BCUT2D eigenvalue weighted by Crippen LogP contribution is 2.28. The first-order valence-corrected chi connectivity index (χ1v) is 9.43. The Morgan fingerprint density at radius 3 is 2.42 bits per heavy atom. The van der Waals surface area contributed by atoms with Crippen molar-refractivity contribution in [2.24, 2.45) is 0 Å². The van der Waals surface area contributed by atoms with E-state index in [9.17, 15) is 18.3 Å². The molecule has 0 aliphatic heterocycles. The Morgan fingerprint density at radius 1 is 1.19 bits per heavy atom. The van der Waals surface area contributed by atoms with Gasteiger partial charge in [0, 0.05) is 6.07 Å². The maximum Gasteiger partial charge on any atom is 0.335 e. The summed E-state index contributed by atoms with van der Waals surface area (Å²) in [5, 5.41) is 18.2. The predicted octanol–water partition coefficient (Wildman–Crippen LogP) is 2.13. The van der Waals surface area contributed by atoms with Gasteiger partial charge in [-0.3, -0.25) is 0 Å². The molecule has 1 aromatic carbocycles. The average Bonchev–Trinajstić information content (AvgIpc) is 2.61. The number of hydrogen-bond acceptors (Lipinski definition) is 7. The number of sulfone groups is 1. The van der Waals surface area contributed by atoms with Gasteiger partial charge in [0.05, 0.1) is 24.1 Å². The van der Waals surface area contributed by atoms with E-state index in [1.54, 1.807) is 6.92 Å². The summed E-state index contributed by atoms with van der Waals surface area (Å²) in [6.45, 7) is 2.92. The van der Waals surface area contributed by atoms with Gasteiger partial charge < -0.3 is 19.7 Å². The van der Waals surface area contributed by atoms with Gasteiger partial charge in [0.1, 0.15) is 23.4 Å². The Hall–Kier alpha value is -2.65. The molecule has 1 heterocycles. The number of pyridine rings is 1. The summed E-state index contributed by atoms with van der Waals surface area (Å²) in [4.78, 5) is 15.1. The molecule has 0 bridgehead atoms. The number of nitrogens with zero attached hydrogens (tertiary/aromatic N) is 1. The van der Waals surface area contributed by atoms with Crippen molar-refractivity contribution in [3.05, 3.63) is 42.1 Å². The van der Waals surface area contributed by atoms with E-state index in [4.69, 9.17) is 14.6 Å². The van der Waals surface area contributed by atoms with Gasteiger partial charge in [0.15, 0.2) is 14.9 Å². The minimum atomic E-state index is -3.42. The topological polar surface area (TPSA) is 123 Å². The van der Waals surface area contributed by atoms with Crippen LogP contribution >= 0.6 is 0 Å². The van der Waals surface area contributed by atoms with E-state index in [-0.39, 0.29) is 40.2 Å². The highest BCUT2D eigenvalue weighted by molar-refractivity contribution is 7.91. The van der Waals surface area contributed by atoms with Crippen LogP contribution in [-0.2, 0) is 9.84 Å². The molecule has 0 aliphatic rings. The van der Waals surface area contributed by atoms with Crippen molar-refractivity contribution in [3.8, 4) is 17.2 Å². The van der Waals surface area contributed by atoms with Crippen LogP contribution in [0.1, 0.15) is 24.2 Å². The molecule has 0 spiro atoms. The Kier molecular flexibility index (Phi) is 6.17. The van der Waals surface area contributed by atoms with Gasteiger partial charge in [-0.1, -0.05) is 6.92 Å². The normalized spacial score (nSPS) is 12.4. The lowest BCUT2D eigenvalue weighted by Crippen LogP contribution is -2.16. The number of aromatic carboxylic acids is 1. The van der Waals surface area contributed by atoms with Gasteiger partial charge in [0.2, 0.25) is 0 Å². The minimum absolute atomic E-state index is 0.0548. The van der Waals surface area contributed by atoms with E-state index in [0.717, 1.165) is 0 Å². The molecule has 1 aromatic heterocycles. The highest BCUT2D eigenvalue weighted by Gasteiger charge is 2.14. The Labute approximate surface area is 151 Å². The van der Waals surface area contributed by atoms with E-state index in [0.29, 0.717) is 0 Å². The first-order valence-electron chi connectivity index (χ1n) is 7.77. The molecule has 1 atom stereocenters. The van der Waals surface area contributed by atoms with Crippen LogP contribution in [0, 0.1) is 0 Å². The first-order chi connectivity index (χ1) is 12.2. The third kappa shape index (κ3) is 4.93. The van der Waals surface area contributed by atoms with Crippen LogP contribution in [0.15, 0.2) is 41.6 Å². The minimum Gasteiger partial charge on any atom is -0.488 e. The van der Waals surface area contributed by atoms with E-state index in [1.165, 1.54) is 43.5 Å². The second kappa shape index (κ2) is 8.15. The monoisotopic (exact) mass is 381 g/mol. The zero-order chi connectivity index (χ0) is 19.3. The van der Waals surface area contributed by atoms with E-state index >= 15 is 0 Å². The molecule has 2 rings (SSSR count). The van der Waals surface area contributed by atoms with Crippen molar-refractivity contribution in [1.82, 2.24) is 4.98 Å². The van der Waals surface area contributed by atoms with Crippen LogP contribution < -0.4 is 9.47 Å². The number of rotatable bonds is 8. The summed E-state index contributed by atoms with van der Waals surface area (Å²) >= 11 is 0. The van der Waals surface area contributed by atoms with Crippen molar-refractivity contribution in [3.63, 3.8) is 0 Å². The molecule has 0 radical (unpaired) electrons. The molecule has 0 aliphatic carbocycles. The van der Waals surface area contributed by atoms with Crippen LogP contribution in [0.3, 0.4) is 0 Å². The summed E-state index contributed by atoms with van der Waals surface area (Å²) < 4.78 is 34.5. The molecule has 140 valence electrons. The van der Waals surface area contributed by atoms with E-state index in [2.05, 4.69) is 4.98 Å². The molecule has 0 amide bonds. The van der Waals surface area contributed by atoms with Crippen molar-refractivity contribution < 1.29 is 32.9 Å². The van der Waals surface area contributed by atoms with Crippen LogP contribution in [0.4, 0.5) is 0 Å². The molecular weight excluding hydrogens is 362 g/mol. The van der Waals surface area contributed by atoms with Gasteiger partial charge >= 0.3 is 5.97 Å². The number of hydrogen-bond donors (Lipinski definition) is 2. The number of ether oxygens (including phenoxy) is 2. The maximum atomic E-state index is 11.8. The van der Waals surface area contributed by atoms with Gasteiger partial charge in [-0.15, -0.1) is 0 Å². The van der Waals surface area contributed by atoms with Crippen LogP contribution in [0.25, 0.3) is 0 Å². The summed E-state index contributed by atoms with van der Waals surface area (Å²) in [5.74, 6) is -0.592. The Bertz CT molecular complexity index is 878. The second-order valence-corrected chi connectivity index (χ2v) is 7.67. The van der Waals surface area contributed by atoms with E-state index < -0.39 is 21.9 Å². The molecule has 0 saturated heterocycles. The zero-order valence-corrected chi connectivity index (χ0v) is 15.1. The molecule has 26 heavy (non-hydrogen) atoms. The third-order valence-corrected chi connectivity index (χ3v) is 5.00. The number of carboxylic acid groups (broad SMARTS) is 1. The zero-order valence-electron chi connectivity index (χ0n) is 14.2. The van der Waals surface area contributed by atoms with Crippen molar-refractivity contribution in [2.45, 2.75) is 25.0 Å². The standard InChI is InChI=1S/C17H19NO7S/c1-3-26(22,23)16-5-4-13(9-18-16)25-15-7-12(17(20)21)6-14(8-15)24-11(2)10-19/h4-9,11,19H,3,10H2,1-2H3,(H,20,21). The lowest BCUT2D eigenvalue weighted by molar-refractivity contribution is 0.0695. The number of carbonyl (C=O) groups is 1. The Balaban J connectivity index is 2.29. The van der Waals surface area contributed by atoms with Crippen molar-refractivity contribution in [2.75, 3.05) is 12.4 Å². The summed E-state index contributed by atoms with van der Waals surface area (Å²) in [5.41, 5.74) is -0.0548. The summed E-state index contributed by atoms with van der Waals surface area (Å²) in [6.07, 6.45) is 0.722. The summed E-state index contributed by atoms with van der Waals surface area (Å²) in [7, 11) is -3.42. The molecule has 0 saturated carbocycles. The van der Waals surface area contributed by atoms with Crippen molar-refractivity contribution >= 4 is 15.8 Å². The lowest BCUT2D eigenvalue weighted by atomic mass is 10.2. The summed E-state index contributed by atoms with van der Waals surface area (Å²) in [6, 6.07) is 6.83. The van der Waals surface area contributed by atoms with Crippen molar-refractivity contribution in [1.29, 1.82) is 0 Å². The average molecular weight is 381 g/mol. The lowest BCUT2D eigenvalue weighted by Gasteiger charge is -2.14. The molecular formula is C17H19NO7S. The predicted molar refractivity (Wildman–Crippen MR) is 92.6 cm³/mol. The molecule has 9 heteroatoms. The van der Waals surface area contributed by atoms with Crippen LogP contribution in [-0.4, -0.2) is 48.0 Å². The third-order valence-electron chi connectivity index (χ3n) is 3.36. The maximum absolute atomic E-state index is 11.8. The second-order valence-electron chi connectivity index (χ2n) is 5.45. The smallest absolute Gasteiger partial charge is 0.335 e. The molecule has 8 nitrogen and oxygen atoms in total. The molecule has 0 fully saturated rings. The SMILES string of the molecule is CCS(=O)(=O)c1ccc(Oc2cc(OC(C)CO)cc(C(=O)O)c2)cn1. The van der Waals surface area contributed by atoms with Gasteiger partial charge in [0.25, 0.3) is 0 Å². The van der Waals surface area contributed by atoms with Gasteiger partial charge in [-0.05, 0) is 31.2 Å². The molecule has 1 unspecified atom stereocenters. The highest BCUT2D eigenvalue weighted by atomic mass is 32.2. The van der Waals surface area contributed by atoms with Crippen LogP contribution in [0.2, 0.25) is 0 Å². The van der Waals surface area contributed by atoms with Gasteiger partial charge in [-0.2, -0.15) is 0 Å². The number of aromatic nitrogens is 1. The number of benzene rings is 1. The largest absolute Gasteiger partial charge is 0.488 e. The van der Waals surface area contributed by atoms with Crippen LogP contribution in [0.5, 0.6) is 17.2 Å². The number of aliphatic hydroxyl groups excluding tert-OH is 1. The Morgan fingerprint density at radius 2 is 1.88 bits per heavy atom. The first kappa shape index (κ1) is 19.7. The fourth-order valence-corrected chi connectivity index (χ4v) is 2.77. The quantitative estimate of drug-likeness (QED) is 0.713. The number of carboxylic acids is 1. The van der Waals surface area contributed by atoms with Gasteiger partial charge in [-0.25, -0.2) is 18.2 Å². The van der Waals surface area contributed by atoms with E-state index in [1.807, 2.05) is 0 Å².